The Morgan fingerprint density at radius 2 is 1.90 bits per heavy atom. The molecule has 116 valence electrons. The van der Waals surface area contributed by atoms with E-state index < -0.39 is 17.3 Å². The van der Waals surface area contributed by atoms with Gasteiger partial charge in [-0.3, -0.25) is 4.98 Å². The van der Waals surface area contributed by atoms with Crippen LogP contribution in [0, 0.1) is 0 Å². The highest BCUT2D eigenvalue weighted by Crippen LogP contribution is 2.46. The summed E-state index contributed by atoms with van der Waals surface area (Å²) in [5.74, 6) is 0. The number of pyridine rings is 1. The van der Waals surface area contributed by atoms with E-state index in [-0.39, 0.29) is 17.6 Å². The molecule has 3 nitrogen and oxygen atoms in total. The van der Waals surface area contributed by atoms with Crippen LogP contribution in [0.3, 0.4) is 0 Å². The van der Waals surface area contributed by atoms with Crippen LogP contribution >= 0.6 is 0 Å². The standard InChI is InChI=1S/C15H19F3N2O/c1-20-10-3-2-4-11(20)8-14(21,7-10)13-9-19-6-5-12(13)15(16,17)18/h5-6,9-11,21H,2-4,7-8H2,1H3. The quantitative estimate of drug-likeness (QED) is 0.866. The van der Waals surface area contributed by atoms with Gasteiger partial charge in [0.2, 0.25) is 0 Å². The molecule has 6 heteroatoms. The van der Waals surface area contributed by atoms with Crippen LogP contribution in [0.2, 0.25) is 0 Å². The number of fused-ring (bicyclic) bond motifs is 2. The Balaban J connectivity index is 2.00. The largest absolute Gasteiger partial charge is 0.416 e. The molecule has 0 amide bonds. The van der Waals surface area contributed by atoms with Crippen molar-refractivity contribution in [1.29, 1.82) is 0 Å². The molecule has 3 heterocycles. The molecule has 21 heavy (non-hydrogen) atoms. The van der Waals surface area contributed by atoms with Crippen LogP contribution in [0.4, 0.5) is 13.2 Å². The van der Waals surface area contributed by atoms with E-state index in [0.29, 0.717) is 12.8 Å². The first-order valence-corrected chi connectivity index (χ1v) is 7.27. The molecule has 3 rings (SSSR count). The first-order chi connectivity index (χ1) is 9.81. The fourth-order valence-electron chi connectivity index (χ4n) is 3.88. The molecule has 2 saturated heterocycles. The Bertz CT molecular complexity index is 518. The molecule has 2 aliphatic heterocycles. The lowest BCUT2D eigenvalue weighted by Crippen LogP contribution is -2.55. The summed E-state index contributed by atoms with van der Waals surface area (Å²) in [7, 11) is 2.00. The molecule has 2 fully saturated rings. The summed E-state index contributed by atoms with van der Waals surface area (Å²) in [5.41, 5.74) is -2.26. The van der Waals surface area contributed by atoms with Gasteiger partial charge in [0.1, 0.15) is 0 Å². The zero-order valence-electron chi connectivity index (χ0n) is 11.9. The highest BCUT2D eigenvalue weighted by Gasteiger charge is 2.48. The van der Waals surface area contributed by atoms with Crippen molar-refractivity contribution in [1.82, 2.24) is 9.88 Å². The average molecular weight is 300 g/mol. The Kier molecular flexibility index (Phi) is 3.48. The van der Waals surface area contributed by atoms with Gasteiger partial charge < -0.3 is 10.0 Å². The molecule has 2 bridgehead atoms. The molecule has 0 aliphatic carbocycles. The highest BCUT2D eigenvalue weighted by molar-refractivity contribution is 5.33. The van der Waals surface area contributed by atoms with Gasteiger partial charge in [-0.15, -0.1) is 0 Å². The first kappa shape index (κ1) is 14.8. The molecule has 1 aromatic heterocycles. The number of aliphatic hydroxyl groups is 1. The number of halogens is 3. The SMILES string of the molecule is CN1C2CCCC1CC(O)(c1cnccc1C(F)(F)F)C2. The topological polar surface area (TPSA) is 36.4 Å². The number of piperidine rings is 2. The maximum absolute atomic E-state index is 13.2. The fourth-order valence-corrected chi connectivity index (χ4v) is 3.88. The molecule has 1 aromatic rings. The maximum Gasteiger partial charge on any atom is 0.416 e. The van der Waals surface area contributed by atoms with Gasteiger partial charge in [-0.05, 0) is 38.8 Å². The van der Waals surface area contributed by atoms with E-state index in [1.807, 2.05) is 7.05 Å². The van der Waals surface area contributed by atoms with E-state index in [1.165, 1.54) is 6.20 Å². The Morgan fingerprint density at radius 1 is 1.29 bits per heavy atom. The Hall–Kier alpha value is -1.14. The van der Waals surface area contributed by atoms with Crippen molar-refractivity contribution < 1.29 is 18.3 Å². The van der Waals surface area contributed by atoms with E-state index in [4.69, 9.17) is 0 Å². The van der Waals surface area contributed by atoms with Gasteiger partial charge >= 0.3 is 6.18 Å². The molecular weight excluding hydrogens is 281 g/mol. The second kappa shape index (κ2) is 4.95. The van der Waals surface area contributed by atoms with Crippen molar-refractivity contribution in [3.63, 3.8) is 0 Å². The number of hydrogen-bond acceptors (Lipinski definition) is 3. The monoisotopic (exact) mass is 300 g/mol. The molecule has 0 saturated carbocycles. The normalized spacial score (nSPS) is 34.0. The third-order valence-electron chi connectivity index (χ3n) is 5.00. The van der Waals surface area contributed by atoms with E-state index in [0.717, 1.165) is 31.5 Å². The van der Waals surface area contributed by atoms with Crippen LogP contribution in [0.25, 0.3) is 0 Å². The number of alkyl halides is 3. The van der Waals surface area contributed by atoms with Crippen molar-refractivity contribution in [3.05, 3.63) is 29.6 Å². The second-order valence-electron chi connectivity index (χ2n) is 6.26. The lowest BCUT2D eigenvalue weighted by atomic mass is 9.72. The Morgan fingerprint density at radius 3 is 2.48 bits per heavy atom. The molecule has 2 unspecified atom stereocenters. The minimum atomic E-state index is -4.47. The van der Waals surface area contributed by atoms with Crippen molar-refractivity contribution in [3.8, 4) is 0 Å². The summed E-state index contributed by atoms with van der Waals surface area (Å²) in [4.78, 5) is 6.03. The van der Waals surface area contributed by atoms with Gasteiger partial charge in [0.25, 0.3) is 0 Å². The summed E-state index contributed by atoms with van der Waals surface area (Å²) in [6.07, 6.45) is 1.47. The minimum absolute atomic E-state index is 0.0671. The van der Waals surface area contributed by atoms with Crippen LogP contribution < -0.4 is 0 Å². The predicted molar refractivity (Wildman–Crippen MR) is 71.6 cm³/mol. The second-order valence-corrected chi connectivity index (χ2v) is 6.26. The van der Waals surface area contributed by atoms with Crippen molar-refractivity contribution in [2.75, 3.05) is 7.05 Å². The number of hydrogen-bond donors (Lipinski definition) is 1. The molecule has 2 atom stereocenters. The van der Waals surface area contributed by atoms with E-state index in [2.05, 4.69) is 9.88 Å². The third-order valence-corrected chi connectivity index (χ3v) is 5.00. The van der Waals surface area contributed by atoms with Gasteiger partial charge in [0, 0.05) is 30.0 Å². The first-order valence-electron chi connectivity index (χ1n) is 7.27. The van der Waals surface area contributed by atoms with E-state index in [1.54, 1.807) is 0 Å². The van der Waals surface area contributed by atoms with Gasteiger partial charge in [0.15, 0.2) is 0 Å². The van der Waals surface area contributed by atoms with Crippen molar-refractivity contribution in [2.24, 2.45) is 0 Å². The molecule has 0 spiro atoms. The third kappa shape index (κ3) is 2.55. The van der Waals surface area contributed by atoms with Crippen molar-refractivity contribution in [2.45, 2.75) is 56.0 Å². The molecule has 1 N–H and O–H groups in total. The minimum Gasteiger partial charge on any atom is -0.385 e. The van der Waals surface area contributed by atoms with Crippen LogP contribution in [0.5, 0.6) is 0 Å². The van der Waals surface area contributed by atoms with Crippen LogP contribution in [0.15, 0.2) is 18.5 Å². The Labute approximate surface area is 121 Å². The van der Waals surface area contributed by atoms with E-state index >= 15 is 0 Å². The molecule has 0 aromatic carbocycles. The zero-order valence-corrected chi connectivity index (χ0v) is 11.9. The molecule has 0 radical (unpaired) electrons. The summed E-state index contributed by atoms with van der Waals surface area (Å²) in [6.45, 7) is 0. The van der Waals surface area contributed by atoms with Gasteiger partial charge in [-0.25, -0.2) is 0 Å². The van der Waals surface area contributed by atoms with Crippen LogP contribution in [-0.4, -0.2) is 34.1 Å². The van der Waals surface area contributed by atoms with Gasteiger partial charge in [-0.1, -0.05) is 6.42 Å². The zero-order chi connectivity index (χ0) is 15.3. The van der Waals surface area contributed by atoms with Gasteiger partial charge in [-0.2, -0.15) is 13.2 Å². The summed E-state index contributed by atoms with van der Waals surface area (Å²) in [6, 6.07) is 1.24. The smallest absolute Gasteiger partial charge is 0.385 e. The predicted octanol–water partition coefficient (Wildman–Crippen LogP) is 2.93. The van der Waals surface area contributed by atoms with Gasteiger partial charge in [0.05, 0.1) is 11.2 Å². The lowest BCUT2D eigenvalue weighted by Gasteiger charge is -2.51. The molecule has 2 aliphatic rings. The van der Waals surface area contributed by atoms with Crippen LogP contribution in [0.1, 0.15) is 43.2 Å². The summed E-state index contributed by atoms with van der Waals surface area (Å²) < 4.78 is 39.6. The van der Waals surface area contributed by atoms with Crippen LogP contribution in [-0.2, 0) is 11.8 Å². The summed E-state index contributed by atoms with van der Waals surface area (Å²) >= 11 is 0. The number of rotatable bonds is 1. The van der Waals surface area contributed by atoms with Crippen molar-refractivity contribution >= 4 is 0 Å². The molecular formula is C15H19F3N2O. The fraction of sp³-hybridized carbons (Fsp3) is 0.667. The number of aromatic nitrogens is 1. The van der Waals surface area contributed by atoms with E-state index in [9.17, 15) is 18.3 Å². The highest BCUT2D eigenvalue weighted by atomic mass is 19.4. The maximum atomic E-state index is 13.2. The average Bonchev–Trinajstić information content (AvgIpc) is 2.40. The number of nitrogens with zero attached hydrogens (tertiary/aromatic N) is 2. The summed E-state index contributed by atoms with van der Waals surface area (Å²) in [5, 5.41) is 10.9. The lowest BCUT2D eigenvalue weighted by molar-refractivity contribution is -0.144.